The summed E-state index contributed by atoms with van der Waals surface area (Å²) < 4.78 is 16.5. The molecule has 3 aromatic rings. The van der Waals surface area contributed by atoms with Crippen molar-refractivity contribution in [3.05, 3.63) is 42.3 Å². The summed E-state index contributed by atoms with van der Waals surface area (Å²) in [6, 6.07) is 9.53. The first-order valence-corrected chi connectivity index (χ1v) is 7.87. The number of ether oxygens (including phenoxy) is 1. The quantitative estimate of drug-likeness (QED) is 0.728. The van der Waals surface area contributed by atoms with Crippen LogP contribution < -0.4 is 0 Å². The van der Waals surface area contributed by atoms with Gasteiger partial charge < -0.3 is 13.6 Å². The molecule has 0 aliphatic carbocycles. The molecule has 3 heterocycles. The van der Waals surface area contributed by atoms with Gasteiger partial charge in [-0.3, -0.25) is 0 Å². The van der Waals surface area contributed by atoms with Crippen molar-refractivity contribution >= 4 is 6.08 Å². The Kier molecular flexibility index (Phi) is 4.16. The van der Waals surface area contributed by atoms with E-state index < -0.39 is 0 Å². The lowest BCUT2D eigenvalue weighted by atomic mass is 10.00. The van der Waals surface area contributed by atoms with E-state index in [1.165, 1.54) is 0 Å². The summed E-state index contributed by atoms with van der Waals surface area (Å²) in [6.07, 6.45) is 5.95. The number of benzene rings is 1. The number of hydrogen-bond acceptors (Lipinski definition) is 7. The van der Waals surface area contributed by atoms with Crippen molar-refractivity contribution in [1.82, 2.24) is 20.4 Å². The molecule has 24 heavy (non-hydrogen) atoms. The molecule has 4 rings (SSSR count). The van der Waals surface area contributed by atoms with Gasteiger partial charge in [-0.25, -0.2) is 0 Å². The van der Waals surface area contributed by atoms with E-state index in [0.29, 0.717) is 17.7 Å². The maximum Gasteiger partial charge on any atom is 0.306 e. The molecule has 7 nitrogen and oxygen atoms in total. The standard InChI is InChI=1S/C17H16N4O3/c1-2-4-13(5-3-1)15-19-21-17(24-15)16-20-18-14(23-16)7-6-12-8-10-22-11-9-12/h1-7,12H,8-11H2/b7-6+. The minimum Gasteiger partial charge on any atom is -0.413 e. The molecule has 0 N–H and O–H groups in total. The summed E-state index contributed by atoms with van der Waals surface area (Å²) in [6.45, 7) is 1.60. The van der Waals surface area contributed by atoms with Crippen molar-refractivity contribution in [3.63, 3.8) is 0 Å². The van der Waals surface area contributed by atoms with Crippen LogP contribution in [0.15, 0.2) is 45.2 Å². The van der Waals surface area contributed by atoms with E-state index in [9.17, 15) is 0 Å². The van der Waals surface area contributed by atoms with Gasteiger partial charge in [-0.15, -0.1) is 20.4 Å². The van der Waals surface area contributed by atoms with Crippen LogP contribution in [0.2, 0.25) is 0 Å². The first-order valence-electron chi connectivity index (χ1n) is 7.87. The third kappa shape index (κ3) is 3.26. The normalized spacial score (nSPS) is 16.0. The summed E-state index contributed by atoms with van der Waals surface area (Å²) in [5, 5.41) is 16.0. The summed E-state index contributed by atoms with van der Waals surface area (Å²) in [7, 11) is 0. The number of nitrogens with zero attached hydrogens (tertiary/aromatic N) is 4. The Morgan fingerprint density at radius 2 is 1.54 bits per heavy atom. The highest BCUT2D eigenvalue weighted by Crippen LogP contribution is 2.23. The van der Waals surface area contributed by atoms with E-state index in [1.807, 2.05) is 36.4 Å². The van der Waals surface area contributed by atoms with Gasteiger partial charge in [0.1, 0.15) is 0 Å². The summed E-state index contributed by atoms with van der Waals surface area (Å²) >= 11 is 0. The molecule has 1 aliphatic heterocycles. The zero-order valence-electron chi connectivity index (χ0n) is 13.0. The predicted octanol–water partition coefficient (Wildman–Crippen LogP) is 3.23. The molecular formula is C17H16N4O3. The Labute approximate surface area is 138 Å². The molecule has 1 aliphatic rings. The highest BCUT2D eigenvalue weighted by atomic mass is 16.5. The SMILES string of the molecule is C(=C\C1CCOCC1)/c1nnc(-c2nnc(-c3ccccc3)o2)o1. The second-order valence-electron chi connectivity index (χ2n) is 5.53. The van der Waals surface area contributed by atoms with Crippen LogP contribution in [0.1, 0.15) is 18.7 Å². The van der Waals surface area contributed by atoms with Crippen molar-refractivity contribution in [1.29, 1.82) is 0 Å². The van der Waals surface area contributed by atoms with Crippen LogP contribution in [0, 0.1) is 5.92 Å². The highest BCUT2D eigenvalue weighted by molar-refractivity contribution is 5.53. The van der Waals surface area contributed by atoms with Crippen LogP contribution in [0.4, 0.5) is 0 Å². The van der Waals surface area contributed by atoms with E-state index in [1.54, 1.807) is 0 Å². The molecule has 0 amide bonds. The monoisotopic (exact) mass is 324 g/mol. The Morgan fingerprint density at radius 3 is 2.38 bits per heavy atom. The first-order chi connectivity index (χ1) is 11.9. The minimum absolute atomic E-state index is 0.215. The molecule has 0 bridgehead atoms. The molecule has 1 aromatic carbocycles. The molecular weight excluding hydrogens is 308 g/mol. The zero-order chi connectivity index (χ0) is 16.2. The molecule has 7 heteroatoms. The van der Waals surface area contributed by atoms with Gasteiger partial charge in [0.25, 0.3) is 0 Å². The fourth-order valence-corrected chi connectivity index (χ4v) is 2.52. The van der Waals surface area contributed by atoms with E-state index in [0.717, 1.165) is 31.6 Å². The van der Waals surface area contributed by atoms with Crippen LogP contribution in [0.25, 0.3) is 29.3 Å². The average Bonchev–Trinajstić information content (AvgIpc) is 3.31. The Morgan fingerprint density at radius 1 is 0.833 bits per heavy atom. The molecule has 0 atom stereocenters. The van der Waals surface area contributed by atoms with Crippen LogP contribution >= 0.6 is 0 Å². The maximum absolute atomic E-state index is 5.60. The number of aromatic nitrogens is 4. The molecule has 0 unspecified atom stereocenters. The molecule has 1 fully saturated rings. The van der Waals surface area contributed by atoms with E-state index in [-0.39, 0.29) is 11.8 Å². The Bertz CT molecular complexity index is 819. The van der Waals surface area contributed by atoms with Gasteiger partial charge in [0.15, 0.2) is 0 Å². The Balaban J connectivity index is 1.49. The summed E-state index contributed by atoms with van der Waals surface area (Å²) in [5.41, 5.74) is 0.843. The van der Waals surface area contributed by atoms with Crippen molar-refractivity contribution in [2.45, 2.75) is 12.8 Å². The molecule has 1 saturated heterocycles. The van der Waals surface area contributed by atoms with E-state index >= 15 is 0 Å². The van der Waals surface area contributed by atoms with Gasteiger partial charge in [-0.1, -0.05) is 24.3 Å². The zero-order valence-corrected chi connectivity index (χ0v) is 13.0. The third-order valence-corrected chi connectivity index (χ3v) is 3.85. The second kappa shape index (κ2) is 6.76. The van der Waals surface area contributed by atoms with Crippen molar-refractivity contribution < 1.29 is 13.6 Å². The topological polar surface area (TPSA) is 87.1 Å². The molecule has 0 spiro atoms. The van der Waals surface area contributed by atoms with Crippen LogP contribution in [-0.4, -0.2) is 33.6 Å². The third-order valence-electron chi connectivity index (χ3n) is 3.85. The van der Waals surface area contributed by atoms with Gasteiger partial charge in [0, 0.05) is 18.8 Å². The average molecular weight is 324 g/mol. The summed E-state index contributed by atoms with van der Waals surface area (Å²) in [4.78, 5) is 0. The lowest BCUT2D eigenvalue weighted by molar-refractivity contribution is 0.0787. The predicted molar refractivity (Wildman–Crippen MR) is 85.6 cm³/mol. The van der Waals surface area contributed by atoms with E-state index in [2.05, 4.69) is 26.5 Å². The minimum atomic E-state index is 0.215. The number of allylic oxidation sites excluding steroid dienone is 1. The fourth-order valence-electron chi connectivity index (χ4n) is 2.52. The van der Waals surface area contributed by atoms with Gasteiger partial charge >= 0.3 is 11.8 Å². The smallest absolute Gasteiger partial charge is 0.306 e. The van der Waals surface area contributed by atoms with E-state index in [4.69, 9.17) is 13.6 Å². The maximum atomic E-state index is 5.60. The molecule has 0 saturated carbocycles. The lowest BCUT2D eigenvalue weighted by Crippen LogP contribution is -2.13. The second-order valence-corrected chi connectivity index (χ2v) is 5.53. The highest BCUT2D eigenvalue weighted by Gasteiger charge is 2.16. The van der Waals surface area contributed by atoms with Crippen LogP contribution in [0.3, 0.4) is 0 Å². The largest absolute Gasteiger partial charge is 0.413 e. The van der Waals surface area contributed by atoms with Crippen molar-refractivity contribution in [2.75, 3.05) is 13.2 Å². The summed E-state index contributed by atoms with van der Waals surface area (Å²) in [5.74, 6) is 1.77. The van der Waals surface area contributed by atoms with Gasteiger partial charge in [0.2, 0.25) is 11.8 Å². The van der Waals surface area contributed by atoms with Gasteiger partial charge in [0.05, 0.1) is 0 Å². The fraction of sp³-hybridized carbons (Fsp3) is 0.294. The van der Waals surface area contributed by atoms with Gasteiger partial charge in [-0.05, 0) is 37.0 Å². The van der Waals surface area contributed by atoms with Crippen molar-refractivity contribution in [3.8, 4) is 23.2 Å². The molecule has 2 aromatic heterocycles. The molecule has 122 valence electrons. The number of hydrogen-bond donors (Lipinski definition) is 0. The Hall–Kier alpha value is -2.80. The first kappa shape index (κ1) is 14.8. The van der Waals surface area contributed by atoms with Crippen LogP contribution in [-0.2, 0) is 4.74 Å². The molecule has 0 radical (unpaired) electrons. The van der Waals surface area contributed by atoms with Crippen LogP contribution in [0.5, 0.6) is 0 Å². The number of rotatable bonds is 4. The lowest BCUT2D eigenvalue weighted by Gasteiger charge is -2.18. The van der Waals surface area contributed by atoms with Gasteiger partial charge in [-0.2, -0.15) is 0 Å². The van der Waals surface area contributed by atoms with Crippen molar-refractivity contribution in [2.24, 2.45) is 5.92 Å².